The summed E-state index contributed by atoms with van der Waals surface area (Å²) >= 11 is 0. The summed E-state index contributed by atoms with van der Waals surface area (Å²) in [5.41, 5.74) is 3.61. The number of nitrogens with one attached hydrogen (secondary N) is 1. The second kappa shape index (κ2) is 7.37. The van der Waals surface area contributed by atoms with Gasteiger partial charge < -0.3 is 5.32 Å². The summed E-state index contributed by atoms with van der Waals surface area (Å²) in [6, 6.07) is 15.8. The number of benzene rings is 2. The van der Waals surface area contributed by atoms with Crippen LogP contribution < -0.4 is 5.32 Å². The lowest BCUT2D eigenvalue weighted by molar-refractivity contribution is 0.568. The third kappa shape index (κ3) is 4.98. The van der Waals surface area contributed by atoms with Crippen molar-refractivity contribution >= 4 is 0 Å². The Kier molecular flexibility index (Phi) is 5.51. The van der Waals surface area contributed by atoms with Crippen molar-refractivity contribution in [3.05, 3.63) is 71.0 Å². The Labute approximate surface area is 127 Å². The topological polar surface area (TPSA) is 12.0 Å². The third-order valence-electron chi connectivity index (χ3n) is 3.63. The van der Waals surface area contributed by atoms with Gasteiger partial charge in [0.2, 0.25) is 0 Å². The molecular weight excluding hydrogens is 261 g/mol. The fourth-order valence-corrected chi connectivity index (χ4v) is 2.45. The van der Waals surface area contributed by atoms with Crippen molar-refractivity contribution in [3.63, 3.8) is 0 Å². The van der Waals surface area contributed by atoms with E-state index in [1.54, 1.807) is 12.1 Å². The molecule has 1 atom stereocenters. The summed E-state index contributed by atoms with van der Waals surface area (Å²) in [6.07, 6.45) is 1.12. The maximum Gasteiger partial charge on any atom is 0.123 e. The molecule has 1 nitrogen and oxygen atoms in total. The van der Waals surface area contributed by atoms with Crippen LogP contribution >= 0.6 is 0 Å². The van der Waals surface area contributed by atoms with Crippen LogP contribution in [0.5, 0.6) is 0 Å². The Bertz CT molecular complexity index is 560. The smallest absolute Gasteiger partial charge is 0.123 e. The van der Waals surface area contributed by atoms with E-state index in [9.17, 15) is 4.39 Å². The summed E-state index contributed by atoms with van der Waals surface area (Å²) in [4.78, 5) is 0. The molecule has 0 aliphatic carbocycles. The molecule has 0 fully saturated rings. The number of hydrogen-bond acceptors (Lipinski definition) is 1. The Morgan fingerprint density at radius 3 is 2.29 bits per heavy atom. The zero-order chi connectivity index (χ0) is 15.2. The molecule has 112 valence electrons. The van der Waals surface area contributed by atoms with Gasteiger partial charge in [0.1, 0.15) is 5.82 Å². The van der Waals surface area contributed by atoms with Gasteiger partial charge >= 0.3 is 0 Å². The van der Waals surface area contributed by atoms with Crippen molar-refractivity contribution in [2.45, 2.75) is 39.8 Å². The molecule has 21 heavy (non-hydrogen) atoms. The first kappa shape index (κ1) is 15.7. The average molecular weight is 285 g/mol. The predicted octanol–water partition coefficient (Wildman–Crippen LogP) is 4.88. The molecule has 0 amide bonds. The highest BCUT2D eigenvalue weighted by Gasteiger charge is 2.06. The van der Waals surface area contributed by atoms with Gasteiger partial charge in [-0.2, -0.15) is 0 Å². The monoisotopic (exact) mass is 285 g/mol. The van der Waals surface area contributed by atoms with Crippen molar-refractivity contribution in [1.29, 1.82) is 0 Å². The first-order valence-electron chi connectivity index (χ1n) is 7.61. The van der Waals surface area contributed by atoms with E-state index < -0.39 is 0 Å². The molecule has 1 unspecified atom stereocenters. The molecule has 1 N–H and O–H groups in total. The maximum absolute atomic E-state index is 13.1. The third-order valence-corrected chi connectivity index (χ3v) is 3.63. The van der Waals surface area contributed by atoms with Crippen LogP contribution in [-0.2, 0) is 13.0 Å². The minimum absolute atomic E-state index is 0.181. The lowest BCUT2D eigenvalue weighted by atomic mass is 10.00. The molecule has 0 saturated carbocycles. The van der Waals surface area contributed by atoms with Crippen molar-refractivity contribution < 1.29 is 4.39 Å². The van der Waals surface area contributed by atoms with E-state index in [2.05, 4.69) is 50.4 Å². The van der Waals surface area contributed by atoms with Gasteiger partial charge in [-0.05, 0) is 48.1 Å². The summed E-state index contributed by atoms with van der Waals surface area (Å²) in [7, 11) is 0. The molecule has 0 heterocycles. The minimum Gasteiger partial charge on any atom is -0.306 e. The van der Waals surface area contributed by atoms with Crippen LogP contribution in [0.3, 0.4) is 0 Å². The lowest BCUT2D eigenvalue weighted by Crippen LogP contribution is -2.18. The van der Waals surface area contributed by atoms with Gasteiger partial charge in [0.25, 0.3) is 0 Å². The van der Waals surface area contributed by atoms with Gasteiger partial charge in [-0.1, -0.05) is 50.2 Å². The van der Waals surface area contributed by atoms with E-state index in [4.69, 9.17) is 0 Å². The van der Waals surface area contributed by atoms with Crippen LogP contribution in [0.1, 0.15) is 43.5 Å². The Balaban J connectivity index is 1.92. The number of hydrogen-bond donors (Lipinski definition) is 1. The van der Waals surface area contributed by atoms with Crippen LogP contribution in [0.2, 0.25) is 0 Å². The molecule has 2 aromatic rings. The fraction of sp³-hybridized carbons (Fsp3) is 0.368. The molecule has 0 aromatic heterocycles. The van der Waals surface area contributed by atoms with E-state index in [1.807, 2.05) is 6.07 Å². The molecule has 0 radical (unpaired) electrons. The first-order chi connectivity index (χ1) is 10.0. The van der Waals surface area contributed by atoms with Gasteiger partial charge in [-0.3, -0.25) is 0 Å². The summed E-state index contributed by atoms with van der Waals surface area (Å²) in [6.45, 7) is 7.28. The maximum atomic E-state index is 13.1. The first-order valence-corrected chi connectivity index (χ1v) is 7.61. The van der Waals surface area contributed by atoms with Gasteiger partial charge in [-0.15, -0.1) is 0 Å². The predicted molar refractivity (Wildman–Crippen MR) is 86.6 cm³/mol. The van der Waals surface area contributed by atoms with Crippen molar-refractivity contribution in [1.82, 2.24) is 5.32 Å². The lowest BCUT2D eigenvalue weighted by Gasteiger charge is -2.15. The Morgan fingerprint density at radius 2 is 1.67 bits per heavy atom. The average Bonchev–Trinajstić information content (AvgIpc) is 2.45. The molecule has 0 spiro atoms. The molecule has 0 aliphatic rings. The zero-order valence-corrected chi connectivity index (χ0v) is 13.1. The van der Waals surface area contributed by atoms with Gasteiger partial charge in [0.15, 0.2) is 0 Å². The van der Waals surface area contributed by atoms with E-state index in [0.717, 1.165) is 12.0 Å². The van der Waals surface area contributed by atoms with Crippen LogP contribution in [0.4, 0.5) is 4.39 Å². The SMILES string of the molecule is CC(C)Cc1ccc(C(C)NCc2cccc(F)c2)cc1. The highest BCUT2D eigenvalue weighted by atomic mass is 19.1. The second-order valence-electron chi connectivity index (χ2n) is 6.07. The van der Waals surface area contributed by atoms with Crippen LogP contribution in [0.15, 0.2) is 48.5 Å². The minimum atomic E-state index is -0.181. The van der Waals surface area contributed by atoms with Crippen molar-refractivity contribution in [3.8, 4) is 0 Å². The highest BCUT2D eigenvalue weighted by molar-refractivity contribution is 5.25. The quantitative estimate of drug-likeness (QED) is 0.798. The van der Waals surface area contributed by atoms with Crippen molar-refractivity contribution in [2.75, 3.05) is 0 Å². The molecule has 2 aromatic carbocycles. The van der Waals surface area contributed by atoms with E-state index >= 15 is 0 Å². The van der Waals surface area contributed by atoms with Crippen molar-refractivity contribution in [2.24, 2.45) is 5.92 Å². The molecule has 2 rings (SSSR count). The largest absolute Gasteiger partial charge is 0.306 e. The van der Waals surface area contributed by atoms with Crippen LogP contribution in [0, 0.1) is 11.7 Å². The molecule has 0 saturated heterocycles. The summed E-state index contributed by atoms with van der Waals surface area (Å²) in [5, 5.41) is 3.44. The Morgan fingerprint density at radius 1 is 0.952 bits per heavy atom. The van der Waals surface area contributed by atoms with Gasteiger partial charge in [0.05, 0.1) is 0 Å². The van der Waals surface area contributed by atoms with E-state index in [0.29, 0.717) is 12.5 Å². The molecule has 2 heteroatoms. The van der Waals surface area contributed by atoms with Crippen LogP contribution in [0.25, 0.3) is 0 Å². The molecule has 0 aliphatic heterocycles. The molecular formula is C19H24FN. The number of halogens is 1. The molecule has 0 bridgehead atoms. The fourth-order valence-electron chi connectivity index (χ4n) is 2.45. The highest BCUT2D eigenvalue weighted by Crippen LogP contribution is 2.16. The van der Waals surface area contributed by atoms with E-state index in [-0.39, 0.29) is 11.9 Å². The normalized spacial score (nSPS) is 12.6. The van der Waals surface area contributed by atoms with Gasteiger partial charge in [-0.25, -0.2) is 4.39 Å². The van der Waals surface area contributed by atoms with Gasteiger partial charge in [0, 0.05) is 12.6 Å². The number of rotatable bonds is 6. The zero-order valence-electron chi connectivity index (χ0n) is 13.1. The standard InChI is InChI=1S/C19H24FN/c1-14(2)11-16-7-9-18(10-8-16)15(3)21-13-17-5-4-6-19(20)12-17/h4-10,12,14-15,21H,11,13H2,1-3H3. The summed E-state index contributed by atoms with van der Waals surface area (Å²) in [5.74, 6) is 0.499. The summed E-state index contributed by atoms with van der Waals surface area (Å²) < 4.78 is 13.1. The van der Waals surface area contributed by atoms with E-state index in [1.165, 1.54) is 17.2 Å². The second-order valence-corrected chi connectivity index (χ2v) is 6.07. The van der Waals surface area contributed by atoms with Crippen LogP contribution in [-0.4, -0.2) is 0 Å². The Hall–Kier alpha value is -1.67.